The van der Waals surface area contributed by atoms with Gasteiger partial charge in [-0.3, -0.25) is 24.8 Å². The van der Waals surface area contributed by atoms with Crippen molar-refractivity contribution in [3.05, 3.63) is 57.9 Å². The molecule has 0 spiro atoms. The van der Waals surface area contributed by atoms with Gasteiger partial charge < -0.3 is 10.1 Å². The molecule has 1 N–H and O–H groups in total. The van der Waals surface area contributed by atoms with Crippen LogP contribution in [0.25, 0.3) is 0 Å². The Hall–Kier alpha value is -3.49. The lowest BCUT2D eigenvalue weighted by molar-refractivity contribution is -0.383. The number of rotatable bonds is 3. The van der Waals surface area contributed by atoms with Gasteiger partial charge in [-0.25, -0.2) is 4.79 Å². The number of nitro benzene ring substituents is 1. The van der Waals surface area contributed by atoms with Crippen LogP contribution < -0.4 is 10.2 Å². The molecule has 0 atom stereocenters. The minimum atomic E-state index is -0.998. The molecule has 0 saturated carbocycles. The molecule has 0 saturated heterocycles. The number of anilines is 2. The Morgan fingerprint density at radius 3 is 2.73 bits per heavy atom. The third kappa shape index (κ3) is 2.94. The maximum absolute atomic E-state index is 12.4. The van der Waals surface area contributed by atoms with Crippen molar-refractivity contribution in [3.8, 4) is 0 Å². The van der Waals surface area contributed by atoms with Crippen molar-refractivity contribution in [2.24, 2.45) is 0 Å². The largest absolute Gasteiger partial charge is 0.438 e. The number of cyclic esters (lactones) is 1. The lowest BCUT2D eigenvalue weighted by atomic mass is 9.93. The lowest BCUT2D eigenvalue weighted by Crippen LogP contribution is -2.41. The Balaban J connectivity index is 2.10. The summed E-state index contributed by atoms with van der Waals surface area (Å²) in [4.78, 5) is 40.2. The van der Waals surface area contributed by atoms with Gasteiger partial charge in [0.05, 0.1) is 16.2 Å². The molecule has 3 rings (SSSR count). The standard InChI is InChI=1S/C17H16N4O5/c1-17(2)11-7-12(19-15(22)10-5-4-6-18-9-10)14(21(24)25)8-13(11)20(3)16(23)26-17/h4-9H,1-3H3,(H,19,22). The second-order valence-corrected chi connectivity index (χ2v) is 6.28. The third-order valence-corrected chi connectivity index (χ3v) is 4.11. The Labute approximate surface area is 148 Å². The van der Waals surface area contributed by atoms with E-state index in [2.05, 4.69) is 10.3 Å². The molecule has 2 heterocycles. The molecule has 0 unspecified atom stereocenters. The van der Waals surface area contributed by atoms with Crippen molar-refractivity contribution in [2.75, 3.05) is 17.3 Å². The molecule has 1 aliphatic heterocycles. The molecular weight excluding hydrogens is 340 g/mol. The van der Waals surface area contributed by atoms with E-state index in [-0.39, 0.29) is 16.9 Å². The molecule has 0 fully saturated rings. The van der Waals surface area contributed by atoms with E-state index < -0.39 is 22.5 Å². The fourth-order valence-electron chi connectivity index (χ4n) is 2.72. The molecule has 0 bridgehead atoms. The van der Waals surface area contributed by atoms with Crippen LogP contribution in [0.3, 0.4) is 0 Å². The normalized spacial score (nSPS) is 15.0. The molecule has 1 aliphatic rings. The minimum absolute atomic E-state index is 0.0158. The number of nitrogens with one attached hydrogen (secondary N) is 1. The Morgan fingerprint density at radius 1 is 1.38 bits per heavy atom. The summed E-state index contributed by atoms with van der Waals surface area (Å²) in [6, 6.07) is 5.86. The molecule has 1 aromatic heterocycles. The van der Waals surface area contributed by atoms with Crippen LogP contribution in [-0.2, 0) is 10.3 Å². The van der Waals surface area contributed by atoms with Crippen LogP contribution in [0.2, 0.25) is 0 Å². The predicted molar refractivity (Wildman–Crippen MR) is 93.2 cm³/mol. The van der Waals surface area contributed by atoms with Gasteiger partial charge in [0.1, 0.15) is 11.3 Å². The van der Waals surface area contributed by atoms with Crippen molar-refractivity contribution in [1.82, 2.24) is 4.98 Å². The Morgan fingerprint density at radius 2 is 2.12 bits per heavy atom. The first-order valence-corrected chi connectivity index (χ1v) is 7.71. The van der Waals surface area contributed by atoms with Crippen LogP contribution in [-0.4, -0.2) is 29.0 Å². The van der Waals surface area contributed by atoms with Crippen LogP contribution in [0.15, 0.2) is 36.7 Å². The zero-order valence-electron chi connectivity index (χ0n) is 14.3. The average Bonchev–Trinajstić information content (AvgIpc) is 2.59. The summed E-state index contributed by atoms with van der Waals surface area (Å²) >= 11 is 0. The van der Waals surface area contributed by atoms with Crippen molar-refractivity contribution < 1.29 is 19.2 Å². The summed E-state index contributed by atoms with van der Waals surface area (Å²) in [5.74, 6) is -0.528. The highest BCUT2D eigenvalue weighted by Crippen LogP contribution is 2.43. The number of fused-ring (bicyclic) bond motifs is 1. The monoisotopic (exact) mass is 356 g/mol. The number of nitro groups is 1. The van der Waals surface area contributed by atoms with Crippen LogP contribution >= 0.6 is 0 Å². The zero-order chi connectivity index (χ0) is 19.1. The van der Waals surface area contributed by atoms with Gasteiger partial charge in [-0.2, -0.15) is 0 Å². The summed E-state index contributed by atoms with van der Waals surface area (Å²) in [7, 11) is 1.47. The number of amides is 2. The summed E-state index contributed by atoms with van der Waals surface area (Å²) in [6.45, 7) is 3.35. The number of hydrogen-bond donors (Lipinski definition) is 1. The van der Waals surface area contributed by atoms with E-state index in [1.165, 1.54) is 36.5 Å². The second-order valence-electron chi connectivity index (χ2n) is 6.28. The number of nitrogens with zero attached hydrogens (tertiary/aromatic N) is 3. The molecule has 26 heavy (non-hydrogen) atoms. The number of carbonyl (C=O) groups excluding carboxylic acids is 2. The number of benzene rings is 1. The zero-order valence-corrected chi connectivity index (χ0v) is 14.3. The quantitative estimate of drug-likeness (QED) is 0.667. The van der Waals surface area contributed by atoms with Crippen molar-refractivity contribution in [3.63, 3.8) is 0 Å². The van der Waals surface area contributed by atoms with Gasteiger partial charge in [-0.1, -0.05) is 0 Å². The SMILES string of the molecule is CN1C(=O)OC(C)(C)c2cc(NC(=O)c3cccnc3)c([N+](=O)[O-])cc21. The molecule has 1 aromatic carbocycles. The van der Waals surface area contributed by atoms with E-state index in [1.54, 1.807) is 26.0 Å². The molecule has 0 radical (unpaired) electrons. The van der Waals surface area contributed by atoms with Gasteiger partial charge in [-0.05, 0) is 32.0 Å². The predicted octanol–water partition coefficient (Wildman–Crippen LogP) is 3.06. The highest BCUT2D eigenvalue weighted by Gasteiger charge is 2.39. The number of hydrogen-bond acceptors (Lipinski definition) is 6. The molecular formula is C17H16N4O5. The van der Waals surface area contributed by atoms with Gasteiger partial charge in [0.15, 0.2) is 0 Å². The van der Waals surface area contributed by atoms with E-state index in [0.717, 1.165) is 0 Å². The summed E-state index contributed by atoms with van der Waals surface area (Å²) < 4.78 is 5.35. The third-order valence-electron chi connectivity index (χ3n) is 4.11. The maximum atomic E-state index is 12.4. The first-order chi connectivity index (χ1) is 12.2. The molecule has 0 aliphatic carbocycles. The van der Waals surface area contributed by atoms with E-state index in [0.29, 0.717) is 11.3 Å². The first kappa shape index (κ1) is 17.3. The number of pyridine rings is 1. The average molecular weight is 356 g/mol. The van der Waals surface area contributed by atoms with Crippen molar-refractivity contribution in [1.29, 1.82) is 0 Å². The molecule has 9 nitrogen and oxygen atoms in total. The van der Waals surface area contributed by atoms with Gasteiger partial charge >= 0.3 is 6.09 Å². The van der Waals surface area contributed by atoms with Crippen molar-refractivity contribution >= 4 is 29.1 Å². The van der Waals surface area contributed by atoms with Gasteiger partial charge in [0.25, 0.3) is 11.6 Å². The van der Waals surface area contributed by atoms with Crippen LogP contribution in [0, 0.1) is 10.1 Å². The highest BCUT2D eigenvalue weighted by molar-refractivity contribution is 6.06. The van der Waals surface area contributed by atoms with Gasteiger partial charge in [0, 0.05) is 31.1 Å². The molecule has 134 valence electrons. The summed E-state index contributed by atoms with van der Waals surface area (Å²) in [5.41, 5.74) is -0.131. The number of ether oxygens (including phenoxy) is 1. The summed E-state index contributed by atoms with van der Waals surface area (Å²) in [5, 5.41) is 14.0. The fourth-order valence-corrected chi connectivity index (χ4v) is 2.72. The number of carbonyl (C=O) groups is 2. The first-order valence-electron chi connectivity index (χ1n) is 7.71. The van der Waals surface area contributed by atoms with Crippen LogP contribution in [0.1, 0.15) is 29.8 Å². The topological polar surface area (TPSA) is 115 Å². The molecule has 2 amide bonds. The highest BCUT2D eigenvalue weighted by atomic mass is 16.6. The smallest absolute Gasteiger partial charge is 0.414 e. The minimum Gasteiger partial charge on any atom is -0.438 e. The second kappa shape index (κ2) is 6.10. The Bertz CT molecular complexity index is 911. The van der Waals surface area contributed by atoms with Crippen LogP contribution in [0.4, 0.5) is 21.9 Å². The van der Waals surface area contributed by atoms with E-state index in [1.807, 2.05) is 0 Å². The lowest BCUT2D eigenvalue weighted by Gasteiger charge is -2.37. The van der Waals surface area contributed by atoms with Crippen LogP contribution in [0.5, 0.6) is 0 Å². The van der Waals surface area contributed by atoms with Crippen molar-refractivity contribution in [2.45, 2.75) is 19.4 Å². The van der Waals surface area contributed by atoms with Gasteiger partial charge in [-0.15, -0.1) is 0 Å². The van der Waals surface area contributed by atoms with E-state index >= 15 is 0 Å². The van der Waals surface area contributed by atoms with E-state index in [9.17, 15) is 19.7 Å². The molecule has 2 aromatic rings. The maximum Gasteiger partial charge on any atom is 0.414 e. The molecule has 9 heteroatoms. The fraction of sp³-hybridized carbons (Fsp3) is 0.235. The van der Waals surface area contributed by atoms with E-state index in [4.69, 9.17) is 4.74 Å². The summed E-state index contributed by atoms with van der Waals surface area (Å²) in [6.07, 6.45) is 2.27. The Kier molecular flexibility index (Phi) is 4.07. The number of aromatic nitrogens is 1. The van der Waals surface area contributed by atoms with Gasteiger partial charge in [0.2, 0.25) is 0 Å².